The standard InChI is InChI=1S/C14H16N4O3S/c1-10-15-6-7-18(10)13-12(3-2-5-16-13)17-14(19)11-4-8-22(20,21)9-11/h2-3,5-7,11H,4,8-9H2,1H3,(H,17,19)/t11-/m1/s1. The Morgan fingerprint density at radius 2 is 2.18 bits per heavy atom. The number of aromatic nitrogens is 3. The number of hydrogen-bond donors (Lipinski definition) is 1. The average Bonchev–Trinajstić information content (AvgIpc) is 3.05. The molecule has 1 amide bonds. The molecule has 0 spiro atoms. The number of anilines is 1. The number of rotatable bonds is 3. The molecule has 2 aromatic heterocycles. The number of carbonyl (C=O) groups is 1. The molecule has 1 atom stereocenters. The highest BCUT2D eigenvalue weighted by Gasteiger charge is 2.33. The number of nitrogens with zero attached hydrogens (tertiary/aromatic N) is 3. The zero-order valence-electron chi connectivity index (χ0n) is 12.1. The Kier molecular flexibility index (Phi) is 3.69. The van der Waals surface area contributed by atoms with Crippen LogP contribution in [0.15, 0.2) is 30.7 Å². The second kappa shape index (κ2) is 5.53. The van der Waals surface area contributed by atoms with Crippen molar-refractivity contribution in [2.75, 3.05) is 16.8 Å². The summed E-state index contributed by atoms with van der Waals surface area (Å²) in [5.41, 5.74) is 0.540. The SMILES string of the molecule is Cc1nccn1-c1ncccc1NC(=O)[C@@H]1CCS(=O)(=O)C1. The molecule has 0 unspecified atom stereocenters. The fourth-order valence-electron chi connectivity index (χ4n) is 2.52. The van der Waals surface area contributed by atoms with Gasteiger partial charge < -0.3 is 5.32 Å². The predicted molar refractivity (Wildman–Crippen MR) is 81.5 cm³/mol. The summed E-state index contributed by atoms with van der Waals surface area (Å²) in [5, 5.41) is 2.79. The highest BCUT2D eigenvalue weighted by Crippen LogP contribution is 2.23. The molecule has 7 nitrogen and oxygen atoms in total. The molecule has 0 aromatic carbocycles. The van der Waals surface area contributed by atoms with Crippen molar-refractivity contribution in [3.05, 3.63) is 36.5 Å². The van der Waals surface area contributed by atoms with E-state index in [2.05, 4.69) is 15.3 Å². The number of pyridine rings is 1. The topological polar surface area (TPSA) is 93.9 Å². The van der Waals surface area contributed by atoms with Crippen LogP contribution < -0.4 is 5.32 Å². The van der Waals surface area contributed by atoms with E-state index in [1.54, 1.807) is 35.3 Å². The van der Waals surface area contributed by atoms with E-state index in [-0.39, 0.29) is 17.4 Å². The van der Waals surface area contributed by atoms with Crippen LogP contribution in [-0.2, 0) is 14.6 Å². The van der Waals surface area contributed by atoms with Crippen molar-refractivity contribution in [2.24, 2.45) is 5.92 Å². The van der Waals surface area contributed by atoms with E-state index in [0.717, 1.165) is 5.82 Å². The third kappa shape index (κ3) is 2.87. The maximum atomic E-state index is 12.3. The lowest BCUT2D eigenvalue weighted by molar-refractivity contribution is -0.119. The molecule has 0 radical (unpaired) electrons. The summed E-state index contributed by atoms with van der Waals surface area (Å²) in [7, 11) is -3.08. The van der Waals surface area contributed by atoms with Crippen molar-refractivity contribution in [1.29, 1.82) is 0 Å². The second-order valence-corrected chi connectivity index (χ2v) is 7.54. The summed E-state index contributed by atoms with van der Waals surface area (Å²) < 4.78 is 24.7. The molecule has 2 aromatic rings. The number of aryl methyl sites for hydroxylation is 1. The molecule has 8 heteroatoms. The molecule has 116 valence electrons. The summed E-state index contributed by atoms with van der Waals surface area (Å²) >= 11 is 0. The zero-order chi connectivity index (χ0) is 15.7. The third-order valence-corrected chi connectivity index (χ3v) is 5.47. The molecule has 0 saturated carbocycles. The molecule has 22 heavy (non-hydrogen) atoms. The molecule has 1 saturated heterocycles. The van der Waals surface area contributed by atoms with Crippen LogP contribution in [0.25, 0.3) is 5.82 Å². The molecule has 1 aliphatic heterocycles. The highest BCUT2D eigenvalue weighted by atomic mass is 32.2. The fraction of sp³-hybridized carbons (Fsp3) is 0.357. The van der Waals surface area contributed by atoms with E-state index in [1.165, 1.54) is 0 Å². The molecule has 1 aliphatic rings. The Hall–Kier alpha value is -2.22. The average molecular weight is 320 g/mol. The van der Waals surface area contributed by atoms with Crippen molar-refractivity contribution >= 4 is 21.4 Å². The van der Waals surface area contributed by atoms with Gasteiger partial charge in [-0.3, -0.25) is 9.36 Å². The number of amides is 1. The smallest absolute Gasteiger partial charge is 0.228 e. The van der Waals surface area contributed by atoms with Gasteiger partial charge in [-0.2, -0.15) is 0 Å². The van der Waals surface area contributed by atoms with Gasteiger partial charge in [0.25, 0.3) is 0 Å². The van der Waals surface area contributed by atoms with Crippen LogP contribution in [0.2, 0.25) is 0 Å². The summed E-state index contributed by atoms with van der Waals surface area (Å²) in [5.74, 6) is 0.517. The molecule has 1 N–H and O–H groups in total. The van der Waals surface area contributed by atoms with E-state index in [9.17, 15) is 13.2 Å². The molecule has 1 fully saturated rings. The number of hydrogen-bond acceptors (Lipinski definition) is 5. The Labute approximate surface area is 128 Å². The summed E-state index contributed by atoms with van der Waals surface area (Å²) in [6.07, 6.45) is 5.41. The first-order chi connectivity index (χ1) is 10.5. The lowest BCUT2D eigenvalue weighted by atomic mass is 10.1. The minimum absolute atomic E-state index is 0.0750. The van der Waals surface area contributed by atoms with Gasteiger partial charge in [0.2, 0.25) is 5.91 Å². The van der Waals surface area contributed by atoms with E-state index in [4.69, 9.17) is 0 Å². The molecule has 0 aliphatic carbocycles. The fourth-order valence-corrected chi connectivity index (χ4v) is 4.27. The first-order valence-corrected chi connectivity index (χ1v) is 8.75. The number of carbonyl (C=O) groups excluding carboxylic acids is 1. The third-order valence-electron chi connectivity index (χ3n) is 3.70. The van der Waals surface area contributed by atoms with Crippen molar-refractivity contribution in [3.63, 3.8) is 0 Å². The van der Waals surface area contributed by atoms with Gasteiger partial charge in [-0.25, -0.2) is 18.4 Å². The summed E-state index contributed by atoms with van der Waals surface area (Å²) in [6, 6.07) is 3.46. The Morgan fingerprint density at radius 3 is 2.82 bits per heavy atom. The number of sulfone groups is 1. The first-order valence-electron chi connectivity index (χ1n) is 6.93. The van der Waals surface area contributed by atoms with E-state index >= 15 is 0 Å². The Balaban J connectivity index is 1.85. The molecule has 3 heterocycles. The van der Waals surface area contributed by atoms with Crippen LogP contribution >= 0.6 is 0 Å². The first kappa shape index (κ1) is 14.7. The second-order valence-electron chi connectivity index (χ2n) is 5.31. The van der Waals surface area contributed by atoms with Gasteiger partial charge in [-0.1, -0.05) is 0 Å². The van der Waals surface area contributed by atoms with Crippen LogP contribution in [0.3, 0.4) is 0 Å². The van der Waals surface area contributed by atoms with Crippen LogP contribution in [0.4, 0.5) is 5.69 Å². The largest absolute Gasteiger partial charge is 0.323 e. The lowest BCUT2D eigenvalue weighted by Gasteiger charge is -2.13. The van der Waals surface area contributed by atoms with Crippen molar-refractivity contribution < 1.29 is 13.2 Å². The molecule has 3 rings (SSSR count). The van der Waals surface area contributed by atoms with Crippen LogP contribution in [-0.4, -0.2) is 40.4 Å². The predicted octanol–water partition coefficient (Wildman–Crippen LogP) is 0.949. The molecular formula is C14H16N4O3S. The normalized spacial score (nSPS) is 20.0. The van der Waals surface area contributed by atoms with Crippen molar-refractivity contribution in [2.45, 2.75) is 13.3 Å². The minimum atomic E-state index is -3.08. The van der Waals surface area contributed by atoms with Crippen LogP contribution in [0, 0.1) is 12.8 Å². The van der Waals surface area contributed by atoms with Gasteiger partial charge in [-0.05, 0) is 25.5 Å². The van der Waals surface area contributed by atoms with Gasteiger partial charge in [-0.15, -0.1) is 0 Å². The van der Waals surface area contributed by atoms with E-state index < -0.39 is 15.8 Å². The van der Waals surface area contributed by atoms with Gasteiger partial charge >= 0.3 is 0 Å². The monoisotopic (exact) mass is 320 g/mol. The van der Waals surface area contributed by atoms with Crippen molar-refractivity contribution in [1.82, 2.24) is 14.5 Å². The zero-order valence-corrected chi connectivity index (χ0v) is 12.9. The van der Waals surface area contributed by atoms with Gasteiger partial charge in [0.15, 0.2) is 15.7 Å². The quantitative estimate of drug-likeness (QED) is 0.908. The number of imidazole rings is 1. The maximum absolute atomic E-state index is 12.3. The van der Waals surface area contributed by atoms with Crippen LogP contribution in [0.5, 0.6) is 0 Å². The summed E-state index contributed by atoms with van der Waals surface area (Å²) in [6.45, 7) is 1.84. The van der Waals surface area contributed by atoms with Gasteiger partial charge in [0, 0.05) is 18.6 Å². The molecule has 0 bridgehead atoms. The lowest BCUT2D eigenvalue weighted by Crippen LogP contribution is -2.24. The van der Waals surface area contributed by atoms with Gasteiger partial charge in [0.05, 0.1) is 23.1 Å². The van der Waals surface area contributed by atoms with Crippen molar-refractivity contribution in [3.8, 4) is 5.82 Å². The van der Waals surface area contributed by atoms with E-state index in [1.807, 2.05) is 6.92 Å². The number of nitrogens with one attached hydrogen (secondary N) is 1. The Morgan fingerprint density at radius 1 is 1.36 bits per heavy atom. The Bertz CT molecular complexity index is 813. The van der Waals surface area contributed by atoms with Crippen LogP contribution in [0.1, 0.15) is 12.2 Å². The van der Waals surface area contributed by atoms with Gasteiger partial charge in [0.1, 0.15) is 5.82 Å². The minimum Gasteiger partial charge on any atom is -0.323 e. The summed E-state index contributed by atoms with van der Waals surface area (Å²) in [4.78, 5) is 20.7. The maximum Gasteiger partial charge on any atom is 0.228 e. The van der Waals surface area contributed by atoms with E-state index in [0.29, 0.717) is 17.9 Å². The molecular weight excluding hydrogens is 304 g/mol. The highest BCUT2D eigenvalue weighted by molar-refractivity contribution is 7.91.